The highest BCUT2D eigenvalue weighted by Gasteiger charge is 2.72. The Balaban J connectivity index is 1.55. The van der Waals surface area contributed by atoms with Gasteiger partial charge in [0.05, 0.1) is 17.1 Å². The van der Waals surface area contributed by atoms with Crippen LogP contribution in [0.1, 0.15) is 43.2 Å². The number of nitrogens with zero attached hydrogens (tertiary/aromatic N) is 1. The average molecular weight is 357 g/mol. The van der Waals surface area contributed by atoms with E-state index in [-0.39, 0.29) is 23.9 Å². The van der Waals surface area contributed by atoms with E-state index in [1.165, 1.54) is 18.4 Å². The third-order valence-corrected chi connectivity index (χ3v) is 7.98. The fraction of sp³-hybridized carbons (Fsp3) is 0.700. The molecule has 2 saturated carbocycles. The maximum Gasteiger partial charge on any atom is 0.165 e. The van der Waals surface area contributed by atoms with Gasteiger partial charge >= 0.3 is 0 Å². The molecule has 6 nitrogen and oxygen atoms in total. The van der Waals surface area contributed by atoms with E-state index < -0.39 is 11.0 Å². The van der Waals surface area contributed by atoms with Crippen LogP contribution in [0.3, 0.4) is 0 Å². The molecule has 26 heavy (non-hydrogen) atoms. The Morgan fingerprint density at radius 2 is 2.12 bits per heavy atom. The Hall–Kier alpha value is -1.34. The summed E-state index contributed by atoms with van der Waals surface area (Å²) in [4.78, 5) is 2.55. The number of benzene rings is 1. The van der Waals surface area contributed by atoms with Crippen molar-refractivity contribution in [2.75, 3.05) is 13.1 Å². The van der Waals surface area contributed by atoms with Crippen LogP contribution >= 0.6 is 0 Å². The number of piperidine rings is 1. The molecule has 0 aromatic heterocycles. The van der Waals surface area contributed by atoms with Crippen molar-refractivity contribution in [3.63, 3.8) is 0 Å². The van der Waals surface area contributed by atoms with Crippen molar-refractivity contribution in [1.29, 1.82) is 0 Å². The second kappa shape index (κ2) is 4.93. The van der Waals surface area contributed by atoms with Gasteiger partial charge in [0.25, 0.3) is 0 Å². The van der Waals surface area contributed by atoms with Crippen LogP contribution in [0.5, 0.6) is 11.5 Å². The van der Waals surface area contributed by atoms with Gasteiger partial charge in [-0.3, -0.25) is 16.2 Å². The number of likely N-dealkylation sites (tertiary alicyclic amines) is 1. The van der Waals surface area contributed by atoms with Crippen molar-refractivity contribution < 1.29 is 14.9 Å². The Morgan fingerprint density at radius 3 is 2.88 bits per heavy atom. The Labute approximate surface area is 153 Å². The molecule has 1 saturated heterocycles. The van der Waals surface area contributed by atoms with Crippen LogP contribution in [0, 0.1) is 5.92 Å². The zero-order chi connectivity index (χ0) is 17.7. The van der Waals surface area contributed by atoms with Crippen molar-refractivity contribution in [1.82, 2.24) is 10.3 Å². The van der Waals surface area contributed by atoms with Crippen LogP contribution in [0.4, 0.5) is 0 Å². The van der Waals surface area contributed by atoms with E-state index in [0.29, 0.717) is 5.75 Å². The highest BCUT2D eigenvalue weighted by atomic mass is 16.5. The minimum absolute atomic E-state index is 0.0105. The molecular weight excluding hydrogens is 330 g/mol. The van der Waals surface area contributed by atoms with Crippen LogP contribution in [-0.2, 0) is 11.8 Å². The third kappa shape index (κ3) is 1.68. The summed E-state index contributed by atoms with van der Waals surface area (Å²) in [7, 11) is 0. The van der Waals surface area contributed by atoms with E-state index in [1.807, 2.05) is 6.07 Å². The van der Waals surface area contributed by atoms with Gasteiger partial charge in [-0.1, -0.05) is 6.07 Å². The van der Waals surface area contributed by atoms with Crippen molar-refractivity contribution in [3.8, 4) is 11.5 Å². The number of aliphatic hydroxyl groups is 1. The molecule has 6 heteroatoms. The molecule has 3 fully saturated rings. The predicted molar refractivity (Wildman–Crippen MR) is 95.9 cm³/mol. The maximum absolute atomic E-state index is 12.1. The summed E-state index contributed by atoms with van der Waals surface area (Å²) in [5, 5.41) is 22.6. The van der Waals surface area contributed by atoms with E-state index in [2.05, 4.69) is 10.3 Å². The number of hydrogen-bond donors (Lipinski definition) is 4. The lowest BCUT2D eigenvalue weighted by atomic mass is 9.48. The maximum atomic E-state index is 12.1. The standard InChI is InChI=1S/C20H27N3O3/c21-22-13-5-6-20(25)15-9-12-3-4-14(24)17-16(12)19(20,18(13)26-17)7-8-23(15)10-11-1-2-11/h3-4,11,13,15,18,22,24-25H,1-2,5-10,21H2/t13-,15-,18+,19+,20-/m1/s1. The highest BCUT2D eigenvalue weighted by Crippen LogP contribution is 2.65. The molecular formula is C20H27N3O3. The zero-order valence-corrected chi connectivity index (χ0v) is 14.9. The molecule has 5 aliphatic rings. The van der Waals surface area contributed by atoms with Gasteiger partial charge in [-0.15, -0.1) is 0 Å². The number of hydrogen-bond acceptors (Lipinski definition) is 6. The fourth-order valence-electron chi connectivity index (χ4n) is 6.65. The first kappa shape index (κ1) is 15.7. The molecule has 0 unspecified atom stereocenters. The molecule has 2 heterocycles. The largest absolute Gasteiger partial charge is 0.504 e. The number of phenolic OH excluding ortho intramolecular Hbond substituents is 1. The summed E-state index contributed by atoms with van der Waals surface area (Å²) in [5.41, 5.74) is 3.94. The van der Waals surface area contributed by atoms with Gasteiger partial charge < -0.3 is 14.9 Å². The summed E-state index contributed by atoms with van der Waals surface area (Å²) in [6, 6.07) is 3.90. The molecule has 5 N–H and O–H groups in total. The first-order valence-corrected chi connectivity index (χ1v) is 10.0. The first-order valence-electron chi connectivity index (χ1n) is 10.0. The lowest BCUT2D eigenvalue weighted by Crippen LogP contribution is -2.78. The normalized spacial score (nSPS) is 43.1. The molecule has 6 rings (SSSR count). The number of aromatic hydroxyl groups is 1. The van der Waals surface area contributed by atoms with Gasteiger partial charge in [-0.2, -0.15) is 0 Å². The summed E-state index contributed by atoms with van der Waals surface area (Å²) < 4.78 is 6.34. The van der Waals surface area contributed by atoms with Crippen LogP contribution in [0.15, 0.2) is 12.1 Å². The second-order valence-corrected chi connectivity index (χ2v) is 9.10. The number of rotatable bonds is 3. The molecule has 1 aromatic carbocycles. The molecule has 0 radical (unpaired) electrons. The first-order chi connectivity index (χ1) is 12.6. The van der Waals surface area contributed by atoms with Crippen LogP contribution in [0.25, 0.3) is 0 Å². The van der Waals surface area contributed by atoms with Crippen molar-refractivity contribution in [2.45, 2.75) is 67.7 Å². The molecule has 2 aliphatic heterocycles. The van der Waals surface area contributed by atoms with Gasteiger partial charge in [-0.05, 0) is 62.6 Å². The monoisotopic (exact) mass is 357 g/mol. The van der Waals surface area contributed by atoms with Gasteiger partial charge in [0.1, 0.15) is 6.10 Å². The van der Waals surface area contributed by atoms with E-state index in [0.717, 1.165) is 50.3 Å². The molecule has 0 amide bonds. The summed E-state index contributed by atoms with van der Waals surface area (Å²) in [5.74, 6) is 7.44. The third-order valence-electron chi connectivity index (χ3n) is 7.98. The van der Waals surface area contributed by atoms with E-state index in [4.69, 9.17) is 10.6 Å². The molecule has 1 aromatic rings. The molecule has 2 bridgehead atoms. The molecule has 5 atom stereocenters. The van der Waals surface area contributed by atoms with Crippen molar-refractivity contribution in [3.05, 3.63) is 23.3 Å². The Bertz CT molecular complexity index is 782. The summed E-state index contributed by atoms with van der Waals surface area (Å²) >= 11 is 0. The Morgan fingerprint density at radius 1 is 1.27 bits per heavy atom. The molecule has 1 spiro atoms. The lowest BCUT2D eigenvalue weighted by molar-refractivity contribution is -0.191. The minimum atomic E-state index is -0.815. The van der Waals surface area contributed by atoms with Crippen LogP contribution < -0.4 is 16.0 Å². The minimum Gasteiger partial charge on any atom is -0.504 e. The number of ether oxygens (including phenoxy) is 1. The summed E-state index contributed by atoms with van der Waals surface area (Å²) in [6.45, 7) is 2.09. The van der Waals surface area contributed by atoms with Gasteiger partial charge in [0, 0.05) is 18.2 Å². The Kier molecular flexibility index (Phi) is 2.97. The van der Waals surface area contributed by atoms with Gasteiger partial charge in [0.15, 0.2) is 11.5 Å². The van der Waals surface area contributed by atoms with E-state index >= 15 is 0 Å². The van der Waals surface area contributed by atoms with E-state index in [1.54, 1.807) is 6.07 Å². The topological polar surface area (TPSA) is 91.0 Å². The number of nitrogens with two attached hydrogens (primary N) is 1. The van der Waals surface area contributed by atoms with Crippen molar-refractivity contribution >= 4 is 0 Å². The van der Waals surface area contributed by atoms with Crippen molar-refractivity contribution in [2.24, 2.45) is 11.8 Å². The smallest absolute Gasteiger partial charge is 0.165 e. The molecule has 140 valence electrons. The number of nitrogens with one attached hydrogen (secondary N) is 1. The predicted octanol–water partition coefficient (Wildman–Crippen LogP) is 0.788. The van der Waals surface area contributed by atoms with Crippen LogP contribution in [-0.4, -0.2) is 52.0 Å². The number of phenols is 1. The SMILES string of the molecule is NN[C@@H]1CC[C@@]2(O)[C@H]3Cc4ccc(O)c5c4[C@@]2(CCN3CC2CC2)[C@H]1O5. The molecule has 3 aliphatic carbocycles. The average Bonchev–Trinajstić information content (AvgIpc) is 3.37. The quantitative estimate of drug-likeness (QED) is 0.472. The second-order valence-electron chi connectivity index (χ2n) is 9.10. The van der Waals surface area contributed by atoms with Gasteiger partial charge in [0.2, 0.25) is 0 Å². The fourth-order valence-corrected chi connectivity index (χ4v) is 6.65. The van der Waals surface area contributed by atoms with Crippen LogP contribution in [0.2, 0.25) is 0 Å². The number of hydrazine groups is 1. The van der Waals surface area contributed by atoms with E-state index in [9.17, 15) is 10.2 Å². The lowest BCUT2D eigenvalue weighted by Gasteiger charge is -2.64. The van der Waals surface area contributed by atoms with Gasteiger partial charge in [-0.25, -0.2) is 0 Å². The highest BCUT2D eigenvalue weighted by molar-refractivity contribution is 5.62. The zero-order valence-electron chi connectivity index (χ0n) is 14.9. The summed E-state index contributed by atoms with van der Waals surface area (Å²) in [6.07, 6.45) is 5.64.